The van der Waals surface area contributed by atoms with E-state index in [0.717, 1.165) is 29.1 Å². The lowest BCUT2D eigenvalue weighted by Gasteiger charge is -2.08. The van der Waals surface area contributed by atoms with E-state index in [2.05, 4.69) is 10.4 Å². The Labute approximate surface area is 138 Å². The van der Waals surface area contributed by atoms with E-state index in [0.29, 0.717) is 11.7 Å². The van der Waals surface area contributed by atoms with Gasteiger partial charge in [0.05, 0.1) is 10.6 Å². The average Bonchev–Trinajstić information content (AvgIpc) is 3.06. The molecule has 0 spiro atoms. The molecule has 0 radical (unpaired) electrons. The van der Waals surface area contributed by atoms with Crippen LogP contribution in [-0.4, -0.2) is 21.7 Å². The quantitative estimate of drug-likeness (QED) is 0.794. The van der Waals surface area contributed by atoms with Crippen molar-refractivity contribution in [3.05, 3.63) is 59.1 Å². The van der Waals surface area contributed by atoms with Crippen LogP contribution in [0.15, 0.2) is 47.8 Å². The zero-order valence-corrected chi connectivity index (χ0v) is 13.6. The van der Waals surface area contributed by atoms with Crippen molar-refractivity contribution in [2.45, 2.75) is 25.8 Å². The predicted octanol–water partition coefficient (Wildman–Crippen LogP) is 3.80. The first kappa shape index (κ1) is 14.2. The molecule has 3 aromatic rings. The van der Waals surface area contributed by atoms with Crippen molar-refractivity contribution in [3.63, 3.8) is 0 Å². The minimum atomic E-state index is -0.0524. The van der Waals surface area contributed by atoms with Crippen molar-refractivity contribution in [3.8, 4) is 16.3 Å². The van der Waals surface area contributed by atoms with Gasteiger partial charge in [0.25, 0.3) is 5.91 Å². The molecule has 116 valence electrons. The Kier molecular flexibility index (Phi) is 3.50. The predicted molar refractivity (Wildman–Crippen MR) is 92.1 cm³/mol. The maximum atomic E-state index is 12.6. The van der Waals surface area contributed by atoms with Gasteiger partial charge in [-0.05, 0) is 49.4 Å². The second-order valence-electron chi connectivity index (χ2n) is 5.89. The van der Waals surface area contributed by atoms with Gasteiger partial charge in [-0.1, -0.05) is 23.8 Å². The Morgan fingerprint density at radius 3 is 2.70 bits per heavy atom. The minimum Gasteiger partial charge on any atom is -0.348 e. The molecule has 1 N–H and O–H groups in total. The van der Waals surface area contributed by atoms with Crippen LogP contribution >= 0.6 is 11.3 Å². The molecule has 4 nitrogen and oxygen atoms in total. The third kappa shape index (κ3) is 2.92. The molecule has 1 aliphatic carbocycles. The summed E-state index contributed by atoms with van der Waals surface area (Å²) >= 11 is 1.63. The minimum absolute atomic E-state index is 0.0524. The summed E-state index contributed by atoms with van der Waals surface area (Å²) in [6.45, 7) is 2.05. The number of hydrogen-bond donors (Lipinski definition) is 1. The van der Waals surface area contributed by atoms with Gasteiger partial charge in [-0.25, -0.2) is 4.68 Å². The van der Waals surface area contributed by atoms with Crippen LogP contribution in [0.2, 0.25) is 0 Å². The van der Waals surface area contributed by atoms with E-state index >= 15 is 0 Å². The smallest absolute Gasteiger partial charge is 0.270 e. The number of nitrogens with zero attached hydrogens (tertiary/aromatic N) is 2. The van der Waals surface area contributed by atoms with Gasteiger partial charge < -0.3 is 5.32 Å². The number of aryl methyl sites for hydroxylation is 1. The van der Waals surface area contributed by atoms with Crippen LogP contribution in [0.4, 0.5) is 0 Å². The summed E-state index contributed by atoms with van der Waals surface area (Å²) in [5.74, 6) is -0.0524. The Balaban J connectivity index is 1.77. The largest absolute Gasteiger partial charge is 0.348 e. The molecule has 2 heterocycles. The summed E-state index contributed by atoms with van der Waals surface area (Å²) < 4.78 is 1.74. The number of thiophene rings is 1. The van der Waals surface area contributed by atoms with Crippen molar-refractivity contribution < 1.29 is 4.79 Å². The van der Waals surface area contributed by atoms with Gasteiger partial charge in [-0.15, -0.1) is 11.3 Å². The third-order valence-electron chi connectivity index (χ3n) is 3.91. The summed E-state index contributed by atoms with van der Waals surface area (Å²) in [6.07, 6.45) is 2.14. The molecule has 4 rings (SSSR count). The number of rotatable bonds is 4. The van der Waals surface area contributed by atoms with Gasteiger partial charge in [0.2, 0.25) is 0 Å². The molecule has 0 atom stereocenters. The summed E-state index contributed by atoms with van der Waals surface area (Å²) in [6, 6.07) is 14.3. The van der Waals surface area contributed by atoms with Crippen molar-refractivity contribution >= 4 is 17.2 Å². The van der Waals surface area contributed by atoms with E-state index in [1.54, 1.807) is 16.0 Å². The zero-order valence-electron chi connectivity index (χ0n) is 12.8. The molecule has 2 aromatic heterocycles. The summed E-state index contributed by atoms with van der Waals surface area (Å²) in [5.41, 5.74) is 3.51. The molecule has 0 aliphatic heterocycles. The van der Waals surface area contributed by atoms with Crippen molar-refractivity contribution in [1.82, 2.24) is 15.1 Å². The van der Waals surface area contributed by atoms with Gasteiger partial charge in [-0.2, -0.15) is 5.10 Å². The Hall–Kier alpha value is -2.40. The molecule has 23 heavy (non-hydrogen) atoms. The lowest BCUT2D eigenvalue weighted by atomic mass is 10.2. The highest BCUT2D eigenvalue weighted by Gasteiger charge is 2.26. The number of nitrogens with one attached hydrogen (secondary N) is 1. The van der Waals surface area contributed by atoms with Crippen molar-refractivity contribution in [1.29, 1.82) is 0 Å². The fraction of sp³-hybridized carbons (Fsp3) is 0.222. The molecule has 1 amide bonds. The van der Waals surface area contributed by atoms with Crippen LogP contribution in [0.1, 0.15) is 28.9 Å². The first-order chi connectivity index (χ1) is 11.2. The van der Waals surface area contributed by atoms with Gasteiger partial charge in [0, 0.05) is 6.04 Å². The van der Waals surface area contributed by atoms with E-state index in [4.69, 9.17) is 0 Å². The SMILES string of the molecule is Cc1ccc(-n2nc(-c3cccs3)cc2C(=O)NC2CC2)cc1. The van der Waals surface area contributed by atoms with Gasteiger partial charge in [0.15, 0.2) is 0 Å². The maximum Gasteiger partial charge on any atom is 0.270 e. The molecule has 0 saturated heterocycles. The molecule has 1 aliphatic rings. The van der Waals surface area contributed by atoms with Gasteiger partial charge in [0.1, 0.15) is 11.4 Å². The molecule has 5 heteroatoms. The second-order valence-corrected chi connectivity index (χ2v) is 6.83. The van der Waals surface area contributed by atoms with E-state index in [9.17, 15) is 4.79 Å². The van der Waals surface area contributed by atoms with E-state index in [-0.39, 0.29) is 5.91 Å². The van der Waals surface area contributed by atoms with Gasteiger partial charge in [-0.3, -0.25) is 4.79 Å². The Bertz CT molecular complexity index is 830. The number of carbonyl (C=O) groups excluding carboxylic acids is 1. The van der Waals surface area contributed by atoms with Crippen LogP contribution < -0.4 is 5.32 Å². The number of benzene rings is 1. The van der Waals surface area contributed by atoms with E-state index < -0.39 is 0 Å². The maximum absolute atomic E-state index is 12.6. The van der Waals surface area contributed by atoms with Crippen LogP contribution in [0.5, 0.6) is 0 Å². The number of hydrogen-bond acceptors (Lipinski definition) is 3. The molecule has 0 bridgehead atoms. The Morgan fingerprint density at radius 1 is 1.26 bits per heavy atom. The lowest BCUT2D eigenvalue weighted by Crippen LogP contribution is -2.27. The standard InChI is InChI=1S/C18H17N3OS/c1-12-4-8-14(9-5-12)21-16(18(22)19-13-6-7-13)11-15(20-21)17-3-2-10-23-17/h2-5,8-11,13H,6-7H2,1H3,(H,19,22). The number of amides is 1. The van der Waals surface area contributed by atoms with Crippen LogP contribution in [0.25, 0.3) is 16.3 Å². The first-order valence-corrected chi connectivity index (χ1v) is 8.60. The summed E-state index contributed by atoms with van der Waals surface area (Å²) in [4.78, 5) is 13.6. The van der Waals surface area contributed by atoms with E-state index in [1.165, 1.54) is 5.56 Å². The van der Waals surface area contributed by atoms with Crippen LogP contribution in [0, 0.1) is 6.92 Å². The third-order valence-corrected chi connectivity index (χ3v) is 4.80. The first-order valence-electron chi connectivity index (χ1n) is 7.72. The molecule has 1 saturated carbocycles. The normalized spacial score (nSPS) is 14.0. The molecule has 0 unspecified atom stereocenters. The summed E-state index contributed by atoms with van der Waals surface area (Å²) in [7, 11) is 0. The highest BCUT2D eigenvalue weighted by atomic mass is 32.1. The average molecular weight is 323 g/mol. The van der Waals surface area contributed by atoms with Gasteiger partial charge >= 0.3 is 0 Å². The Morgan fingerprint density at radius 2 is 2.04 bits per heavy atom. The fourth-order valence-electron chi connectivity index (χ4n) is 2.46. The highest BCUT2D eigenvalue weighted by molar-refractivity contribution is 7.13. The zero-order chi connectivity index (χ0) is 15.8. The highest BCUT2D eigenvalue weighted by Crippen LogP contribution is 2.27. The van der Waals surface area contributed by atoms with E-state index in [1.807, 2.05) is 54.8 Å². The lowest BCUT2D eigenvalue weighted by molar-refractivity contribution is 0.0943. The number of aromatic nitrogens is 2. The van der Waals surface area contributed by atoms with Crippen LogP contribution in [-0.2, 0) is 0 Å². The molecule has 1 fully saturated rings. The molecular formula is C18H17N3OS. The van der Waals surface area contributed by atoms with Crippen LogP contribution in [0.3, 0.4) is 0 Å². The molecular weight excluding hydrogens is 306 g/mol. The number of carbonyl (C=O) groups is 1. The van der Waals surface area contributed by atoms with Crippen molar-refractivity contribution in [2.24, 2.45) is 0 Å². The fourth-order valence-corrected chi connectivity index (χ4v) is 3.14. The summed E-state index contributed by atoms with van der Waals surface area (Å²) in [5, 5.41) is 9.74. The second kappa shape index (κ2) is 5.66. The molecule has 1 aromatic carbocycles. The topological polar surface area (TPSA) is 46.9 Å². The monoisotopic (exact) mass is 323 g/mol. The van der Waals surface area contributed by atoms with Crippen molar-refractivity contribution in [2.75, 3.05) is 0 Å².